The second-order valence-corrected chi connectivity index (χ2v) is 9.19. The fraction of sp³-hybridized carbons (Fsp3) is 0.579. The number of carbonyl (C=O) groups is 3. The third-order valence-electron chi connectivity index (χ3n) is 4.65. The third-order valence-corrected chi connectivity index (χ3v) is 6.30. The minimum absolute atomic E-state index is 0.0715. The predicted molar refractivity (Wildman–Crippen MR) is 119 cm³/mol. The van der Waals surface area contributed by atoms with Crippen LogP contribution < -0.4 is 0 Å². The Kier molecular flexibility index (Phi) is 8.38. The maximum Gasteiger partial charge on any atom is 0.303 e. The zero-order valence-corrected chi connectivity index (χ0v) is 20.5. The van der Waals surface area contributed by atoms with Crippen molar-refractivity contribution in [3.8, 4) is 0 Å². The van der Waals surface area contributed by atoms with Gasteiger partial charge in [-0.25, -0.2) is 9.97 Å². The Hall–Kier alpha value is -2.15. The second kappa shape index (κ2) is 10.9. The van der Waals surface area contributed by atoms with Crippen molar-refractivity contribution in [3.63, 3.8) is 0 Å². The number of aromatic nitrogens is 4. The van der Waals surface area contributed by atoms with E-state index in [9.17, 15) is 14.4 Å². The van der Waals surface area contributed by atoms with Gasteiger partial charge in [0.15, 0.2) is 23.1 Å². The van der Waals surface area contributed by atoms with Gasteiger partial charge in [-0.3, -0.25) is 19.0 Å². The van der Waals surface area contributed by atoms with Crippen LogP contribution in [-0.2, 0) is 33.3 Å². The van der Waals surface area contributed by atoms with E-state index in [4.69, 9.17) is 42.1 Å². The molecule has 0 saturated carbocycles. The van der Waals surface area contributed by atoms with Crippen LogP contribution in [0, 0.1) is 0 Å². The molecule has 1 saturated heterocycles. The first-order valence-electron chi connectivity index (χ1n) is 9.92. The van der Waals surface area contributed by atoms with Gasteiger partial charge in [-0.2, -0.15) is 16.7 Å². The molecular formula is C19H22Cl2N4O7S. The quantitative estimate of drug-likeness (QED) is 0.220. The number of thioether (sulfide) groups is 1. The summed E-state index contributed by atoms with van der Waals surface area (Å²) in [5, 5.41) is -0.459. The van der Waals surface area contributed by atoms with E-state index >= 15 is 0 Å². The number of hydrogen-bond acceptors (Lipinski definition) is 11. The van der Waals surface area contributed by atoms with Crippen LogP contribution in [0.2, 0.25) is 10.4 Å². The Labute approximate surface area is 203 Å². The molecular weight excluding hydrogens is 499 g/mol. The van der Waals surface area contributed by atoms with Gasteiger partial charge in [-0.15, -0.1) is 0 Å². The van der Waals surface area contributed by atoms with Crippen LogP contribution in [0.15, 0.2) is 6.33 Å². The van der Waals surface area contributed by atoms with Crippen molar-refractivity contribution in [1.29, 1.82) is 0 Å². The maximum atomic E-state index is 11.9. The van der Waals surface area contributed by atoms with Gasteiger partial charge in [0, 0.05) is 20.8 Å². The number of rotatable bonds is 8. The lowest BCUT2D eigenvalue weighted by Crippen LogP contribution is -2.45. The summed E-state index contributed by atoms with van der Waals surface area (Å²) < 4.78 is 24.0. The van der Waals surface area contributed by atoms with E-state index < -0.39 is 47.7 Å². The SMILES string of the molecule is CCS[C@H]1[C@@H](OC(C)=O)[C@@H]([C@@H](COC(C)=O)OC(C)=O)O[C@@H]1n1cnc2c(Cl)nc(Cl)nc21. The van der Waals surface area contributed by atoms with E-state index in [0.29, 0.717) is 16.9 Å². The zero-order valence-electron chi connectivity index (χ0n) is 18.2. The van der Waals surface area contributed by atoms with Crippen molar-refractivity contribution >= 4 is 64.0 Å². The lowest BCUT2D eigenvalue weighted by atomic mass is 10.1. The predicted octanol–water partition coefficient (Wildman–Crippen LogP) is 2.58. The molecule has 0 radical (unpaired) electrons. The molecule has 0 aliphatic carbocycles. The van der Waals surface area contributed by atoms with Crippen LogP contribution in [0.3, 0.4) is 0 Å². The topological polar surface area (TPSA) is 132 Å². The number of nitrogens with zero attached hydrogens (tertiary/aromatic N) is 4. The summed E-state index contributed by atoms with van der Waals surface area (Å²) in [5.74, 6) is -1.07. The Bertz CT molecular complexity index is 1050. The molecule has 0 aromatic carbocycles. The summed E-state index contributed by atoms with van der Waals surface area (Å²) in [4.78, 5) is 47.5. The fourth-order valence-electron chi connectivity index (χ4n) is 3.54. The molecule has 3 rings (SSSR count). The minimum atomic E-state index is -1.03. The van der Waals surface area contributed by atoms with Gasteiger partial charge in [0.1, 0.15) is 24.3 Å². The first-order chi connectivity index (χ1) is 15.6. The summed E-state index contributed by atoms with van der Waals surface area (Å²) in [7, 11) is 0. The van der Waals surface area contributed by atoms with Crippen LogP contribution >= 0.6 is 35.0 Å². The number of carbonyl (C=O) groups excluding carboxylic acids is 3. The van der Waals surface area contributed by atoms with Gasteiger partial charge in [-0.05, 0) is 17.4 Å². The van der Waals surface area contributed by atoms with Crippen LogP contribution in [0.4, 0.5) is 0 Å². The molecule has 1 fully saturated rings. The van der Waals surface area contributed by atoms with Gasteiger partial charge in [0.05, 0.1) is 11.6 Å². The molecule has 180 valence electrons. The fourth-order valence-corrected chi connectivity index (χ4v) is 5.10. The Balaban J connectivity index is 2.06. The smallest absolute Gasteiger partial charge is 0.303 e. The lowest BCUT2D eigenvalue weighted by molar-refractivity contribution is -0.176. The molecule has 1 aliphatic heterocycles. The summed E-state index contributed by atoms with van der Waals surface area (Å²) in [6.07, 6.45) is -2.11. The number of hydrogen-bond donors (Lipinski definition) is 0. The van der Waals surface area contributed by atoms with E-state index in [1.54, 1.807) is 4.57 Å². The van der Waals surface area contributed by atoms with Crippen molar-refractivity contribution in [1.82, 2.24) is 19.5 Å². The van der Waals surface area contributed by atoms with Crippen LogP contribution in [0.1, 0.15) is 33.9 Å². The first kappa shape index (κ1) is 25.5. The highest BCUT2D eigenvalue weighted by Crippen LogP contribution is 2.42. The van der Waals surface area contributed by atoms with Crippen molar-refractivity contribution in [3.05, 3.63) is 16.8 Å². The van der Waals surface area contributed by atoms with Gasteiger partial charge < -0.3 is 18.9 Å². The van der Waals surface area contributed by atoms with Gasteiger partial charge >= 0.3 is 17.9 Å². The average molecular weight is 521 g/mol. The number of esters is 3. The first-order valence-corrected chi connectivity index (χ1v) is 11.7. The summed E-state index contributed by atoms with van der Waals surface area (Å²) >= 11 is 13.6. The molecule has 0 amide bonds. The van der Waals surface area contributed by atoms with Gasteiger partial charge in [-0.1, -0.05) is 18.5 Å². The van der Waals surface area contributed by atoms with Crippen molar-refractivity contribution in [2.75, 3.05) is 12.4 Å². The molecule has 3 heterocycles. The highest BCUT2D eigenvalue weighted by atomic mass is 35.5. The van der Waals surface area contributed by atoms with E-state index in [0.717, 1.165) is 0 Å². The van der Waals surface area contributed by atoms with E-state index in [1.165, 1.54) is 38.9 Å². The van der Waals surface area contributed by atoms with Crippen molar-refractivity contribution < 1.29 is 33.3 Å². The third kappa shape index (κ3) is 5.86. The average Bonchev–Trinajstić information content (AvgIpc) is 3.27. The Morgan fingerprint density at radius 2 is 1.91 bits per heavy atom. The zero-order chi connectivity index (χ0) is 24.3. The van der Waals surface area contributed by atoms with E-state index in [-0.39, 0.29) is 17.0 Å². The number of halogens is 2. The van der Waals surface area contributed by atoms with Crippen LogP contribution in [-0.4, -0.2) is 73.3 Å². The molecule has 1 aliphatic rings. The second-order valence-electron chi connectivity index (χ2n) is 7.04. The van der Waals surface area contributed by atoms with Gasteiger partial charge in [0.2, 0.25) is 5.28 Å². The minimum Gasteiger partial charge on any atom is -0.462 e. The molecule has 0 N–H and O–H groups in total. The highest BCUT2D eigenvalue weighted by molar-refractivity contribution is 7.99. The molecule has 33 heavy (non-hydrogen) atoms. The molecule has 0 unspecified atom stereocenters. The molecule has 2 aromatic heterocycles. The largest absolute Gasteiger partial charge is 0.462 e. The number of fused-ring (bicyclic) bond motifs is 1. The molecule has 0 bridgehead atoms. The maximum absolute atomic E-state index is 11.9. The van der Waals surface area contributed by atoms with E-state index in [1.807, 2.05) is 6.92 Å². The number of ether oxygens (including phenoxy) is 4. The van der Waals surface area contributed by atoms with E-state index in [2.05, 4.69) is 15.0 Å². The Morgan fingerprint density at radius 1 is 1.18 bits per heavy atom. The van der Waals surface area contributed by atoms with Gasteiger partial charge in [0.25, 0.3) is 0 Å². The van der Waals surface area contributed by atoms with Crippen LogP contribution in [0.5, 0.6) is 0 Å². The standard InChI is InChI=1S/C19H22Cl2N4O7S/c1-5-33-15-14(31-10(4)28)13(11(30-9(3)27)6-29-8(2)26)32-18(15)25-7-22-12-16(20)23-19(21)24-17(12)25/h7,11,13-15,18H,5-6H2,1-4H3/t11-,13-,14+,15+,18+/m1/s1. The van der Waals surface area contributed by atoms with Crippen molar-refractivity contribution in [2.24, 2.45) is 0 Å². The van der Waals surface area contributed by atoms with Crippen LogP contribution in [0.25, 0.3) is 11.2 Å². The highest BCUT2D eigenvalue weighted by Gasteiger charge is 2.52. The normalized spacial score (nSPS) is 23.3. The monoisotopic (exact) mass is 520 g/mol. The summed E-state index contributed by atoms with van der Waals surface area (Å²) in [6.45, 7) is 5.37. The molecule has 11 nitrogen and oxygen atoms in total. The molecule has 5 atom stereocenters. The van der Waals surface area contributed by atoms with Crippen molar-refractivity contribution in [2.45, 2.75) is 57.5 Å². The molecule has 14 heteroatoms. The molecule has 2 aromatic rings. The summed E-state index contributed by atoms with van der Waals surface area (Å²) in [5.41, 5.74) is 0.631. The number of imidazole rings is 1. The summed E-state index contributed by atoms with van der Waals surface area (Å²) in [6, 6.07) is 0. The molecule has 0 spiro atoms. The Morgan fingerprint density at radius 3 is 2.52 bits per heavy atom. The lowest BCUT2D eigenvalue weighted by Gasteiger charge is -2.27.